The molecule has 2 atom stereocenters. The van der Waals surface area contributed by atoms with E-state index in [9.17, 15) is 9.90 Å². The average Bonchev–Trinajstić information content (AvgIpc) is 3.16. The minimum Gasteiger partial charge on any atom is -0.490 e. The van der Waals surface area contributed by atoms with Gasteiger partial charge in [-0.2, -0.15) is 5.26 Å². The topological polar surface area (TPSA) is 122 Å². The van der Waals surface area contributed by atoms with Crippen molar-refractivity contribution >= 4 is 16.7 Å². The molecule has 0 bridgehead atoms. The second-order valence-corrected chi connectivity index (χ2v) is 7.73. The van der Waals surface area contributed by atoms with Gasteiger partial charge in [0, 0.05) is 24.2 Å². The Morgan fingerprint density at radius 3 is 2.97 bits per heavy atom. The van der Waals surface area contributed by atoms with Crippen molar-refractivity contribution in [2.24, 2.45) is 5.73 Å². The van der Waals surface area contributed by atoms with Gasteiger partial charge in [0.25, 0.3) is 5.91 Å². The van der Waals surface area contributed by atoms with Crippen LogP contribution in [0.2, 0.25) is 0 Å². The van der Waals surface area contributed by atoms with Gasteiger partial charge in [-0.25, -0.2) is 4.98 Å². The summed E-state index contributed by atoms with van der Waals surface area (Å²) >= 11 is 0. The minimum absolute atomic E-state index is 0.100. The zero-order chi connectivity index (χ0) is 21.7. The second kappa shape index (κ2) is 9.74. The summed E-state index contributed by atoms with van der Waals surface area (Å²) in [4.78, 5) is 18.2. The summed E-state index contributed by atoms with van der Waals surface area (Å²) in [6.45, 7) is 4.96. The highest BCUT2D eigenvalue weighted by molar-refractivity contribution is 6.01. The van der Waals surface area contributed by atoms with Crippen LogP contribution >= 0.6 is 0 Å². The van der Waals surface area contributed by atoms with Crippen LogP contribution in [0.5, 0.6) is 11.6 Å². The number of nitrogens with two attached hydrogens (primary N) is 1. The normalized spacial score (nSPS) is 17.8. The number of benzene rings is 1. The molecule has 0 spiro atoms. The molecule has 0 aliphatic carbocycles. The molecule has 2 aromatic rings. The Kier molecular flexibility index (Phi) is 7.08. The van der Waals surface area contributed by atoms with Crippen LogP contribution in [0.15, 0.2) is 24.4 Å². The fourth-order valence-corrected chi connectivity index (χ4v) is 3.88. The maximum Gasteiger partial charge on any atom is 0.252 e. The molecule has 0 radical (unpaired) electrons. The Hall–Kier alpha value is -2.89. The van der Waals surface area contributed by atoms with Crippen LogP contribution in [-0.4, -0.2) is 52.4 Å². The smallest absolute Gasteiger partial charge is 0.252 e. The lowest BCUT2D eigenvalue weighted by Crippen LogP contribution is -2.39. The van der Waals surface area contributed by atoms with Crippen molar-refractivity contribution in [2.45, 2.75) is 57.9 Å². The molecule has 1 saturated heterocycles. The number of rotatable bonds is 9. The van der Waals surface area contributed by atoms with Gasteiger partial charge >= 0.3 is 0 Å². The van der Waals surface area contributed by atoms with Crippen molar-refractivity contribution in [2.75, 3.05) is 13.2 Å². The summed E-state index contributed by atoms with van der Waals surface area (Å²) in [5, 5.41) is 20.5. The Labute approximate surface area is 176 Å². The van der Waals surface area contributed by atoms with Gasteiger partial charge in [-0.05, 0) is 56.7 Å². The summed E-state index contributed by atoms with van der Waals surface area (Å²) in [5.41, 5.74) is 5.84. The molecule has 160 valence electrons. The highest BCUT2D eigenvalue weighted by atomic mass is 16.5. The highest BCUT2D eigenvalue weighted by Crippen LogP contribution is 2.32. The number of nitrogens with zero attached hydrogens (tertiary/aromatic N) is 3. The van der Waals surface area contributed by atoms with Crippen molar-refractivity contribution in [1.29, 1.82) is 5.26 Å². The Balaban J connectivity index is 1.76. The summed E-state index contributed by atoms with van der Waals surface area (Å²) < 4.78 is 11.7. The van der Waals surface area contributed by atoms with E-state index in [1.165, 1.54) is 0 Å². The van der Waals surface area contributed by atoms with Crippen molar-refractivity contribution < 1.29 is 19.4 Å². The Morgan fingerprint density at radius 1 is 1.47 bits per heavy atom. The van der Waals surface area contributed by atoms with Crippen LogP contribution in [0.4, 0.5) is 0 Å². The van der Waals surface area contributed by atoms with Crippen molar-refractivity contribution in [3.63, 3.8) is 0 Å². The minimum atomic E-state index is -0.735. The molecular weight excluding hydrogens is 384 g/mol. The van der Waals surface area contributed by atoms with Crippen molar-refractivity contribution in [3.05, 3.63) is 30.0 Å². The van der Waals surface area contributed by atoms with Gasteiger partial charge in [-0.3, -0.25) is 9.69 Å². The van der Waals surface area contributed by atoms with Crippen LogP contribution in [0, 0.1) is 11.3 Å². The third kappa shape index (κ3) is 4.99. The van der Waals surface area contributed by atoms with Gasteiger partial charge in [-0.15, -0.1) is 0 Å². The van der Waals surface area contributed by atoms with E-state index in [0.717, 1.165) is 36.6 Å². The zero-order valence-corrected chi connectivity index (χ0v) is 17.4. The molecule has 1 aliphatic heterocycles. The standard InChI is InChI=1S/C22H28N4O4/c1-14(2)30-19-13-17-15(12-18(19)21(24)28)6-9-25-22(17)29-11-7-16-4-3-10-26(16)20(27)5-8-23/h6,9,12-14,16,20,27H,3-5,7,10-11H2,1-2H3,(H2,24,28)/t16-,20?/m1/s1. The van der Waals surface area contributed by atoms with Gasteiger partial charge < -0.3 is 20.3 Å². The third-order valence-electron chi connectivity index (χ3n) is 5.23. The first-order chi connectivity index (χ1) is 14.4. The molecule has 1 aliphatic rings. The Morgan fingerprint density at radius 2 is 2.27 bits per heavy atom. The van der Waals surface area contributed by atoms with E-state index in [2.05, 4.69) is 4.98 Å². The van der Waals surface area contributed by atoms with E-state index in [0.29, 0.717) is 23.8 Å². The molecule has 1 aromatic heterocycles. The molecule has 2 heterocycles. The van der Waals surface area contributed by atoms with Crippen LogP contribution in [0.3, 0.4) is 0 Å². The number of ether oxygens (including phenoxy) is 2. The largest absolute Gasteiger partial charge is 0.490 e. The predicted molar refractivity (Wildman–Crippen MR) is 112 cm³/mol. The number of pyridine rings is 1. The monoisotopic (exact) mass is 412 g/mol. The van der Waals surface area contributed by atoms with Gasteiger partial charge in [0.15, 0.2) is 0 Å². The first kappa shape index (κ1) is 21.8. The lowest BCUT2D eigenvalue weighted by molar-refractivity contribution is -0.00561. The fraction of sp³-hybridized carbons (Fsp3) is 0.500. The maximum absolute atomic E-state index is 11.8. The van der Waals surface area contributed by atoms with Crippen LogP contribution < -0.4 is 15.2 Å². The number of primary amides is 1. The lowest BCUT2D eigenvalue weighted by atomic mass is 10.1. The fourth-order valence-electron chi connectivity index (χ4n) is 3.88. The van der Waals surface area contributed by atoms with E-state index in [1.54, 1.807) is 24.4 Å². The third-order valence-corrected chi connectivity index (χ3v) is 5.23. The SMILES string of the molecule is CC(C)Oc1cc2c(OCC[C@H]3CCCN3C(O)CC#N)nccc2cc1C(N)=O. The number of amides is 1. The Bertz CT molecular complexity index is 941. The van der Waals surface area contributed by atoms with Crippen molar-refractivity contribution in [1.82, 2.24) is 9.88 Å². The van der Waals surface area contributed by atoms with E-state index < -0.39 is 12.1 Å². The van der Waals surface area contributed by atoms with Gasteiger partial charge in [0.1, 0.15) is 12.0 Å². The maximum atomic E-state index is 11.8. The number of aliphatic hydroxyl groups excluding tert-OH is 1. The highest BCUT2D eigenvalue weighted by Gasteiger charge is 2.29. The van der Waals surface area contributed by atoms with Crippen LogP contribution in [0.1, 0.15) is 49.9 Å². The van der Waals surface area contributed by atoms with Gasteiger partial charge in [0.2, 0.25) is 5.88 Å². The molecule has 3 N–H and O–H groups in total. The quantitative estimate of drug-likeness (QED) is 0.649. The zero-order valence-electron chi connectivity index (χ0n) is 17.4. The van der Waals surface area contributed by atoms with Gasteiger partial charge in [0.05, 0.1) is 30.8 Å². The molecule has 1 amide bonds. The molecule has 8 nitrogen and oxygen atoms in total. The van der Waals surface area contributed by atoms with Crippen LogP contribution in [0.25, 0.3) is 10.8 Å². The predicted octanol–water partition coefficient (Wildman–Crippen LogP) is 2.59. The molecule has 30 heavy (non-hydrogen) atoms. The number of hydrogen-bond acceptors (Lipinski definition) is 7. The number of fused-ring (bicyclic) bond motifs is 1. The summed E-state index contributed by atoms with van der Waals surface area (Å²) in [7, 11) is 0. The summed E-state index contributed by atoms with van der Waals surface area (Å²) in [5.74, 6) is 0.313. The second-order valence-electron chi connectivity index (χ2n) is 7.73. The number of hydrogen-bond donors (Lipinski definition) is 2. The number of carbonyl (C=O) groups excluding carboxylic acids is 1. The van der Waals surface area contributed by atoms with Crippen molar-refractivity contribution in [3.8, 4) is 17.7 Å². The molecule has 1 unspecified atom stereocenters. The van der Waals surface area contributed by atoms with E-state index in [4.69, 9.17) is 20.5 Å². The number of aliphatic hydroxyl groups is 1. The number of likely N-dealkylation sites (tertiary alicyclic amines) is 1. The summed E-state index contributed by atoms with van der Waals surface area (Å²) in [6.07, 6.45) is 3.55. The number of aromatic nitrogens is 1. The first-order valence-corrected chi connectivity index (χ1v) is 10.2. The van der Waals surface area contributed by atoms with E-state index >= 15 is 0 Å². The summed E-state index contributed by atoms with van der Waals surface area (Å²) in [6, 6.07) is 7.43. The molecular formula is C22H28N4O4. The number of carbonyl (C=O) groups is 1. The molecule has 0 saturated carbocycles. The van der Waals surface area contributed by atoms with E-state index in [1.807, 2.05) is 24.8 Å². The van der Waals surface area contributed by atoms with E-state index in [-0.39, 0.29) is 18.6 Å². The van der Waals surface area contributed by atoms with Crippen LogP contribution in [-0.2, 0) is 0 Å². The molecule has 1 aromatic carbocycles. The average molecular weight is 412 g/mol. The van der Waals surface area contributed by atoms with Gasteiger partial charge in [-0.1, -0.05) is 0 Å². The number of nitriles is 1. The first-order valence-electron chi connectivity index (χ1n) is 10.2. The lowest BCUT2D eigenvalue weighted by Gasteiger charge is -2.28. The molecule has 3 rings (SSSR count). The molecule has 1 fully saturated rings. The molecule has 8 heteroatoms.